The predicted octanol–water partition coefficient (Wildman–Crippen LogP) is 4.34. The first-order valence-corrected chi connectivity index (χ1v) is 8.40. The molecule has 0 bridgehead atoms. The molecule has 1 aliphatic rings. The number of benzene rings is 1. The third-order valence-corrected chi connectivity index (χ3v) is 4.10. The highest BCUT2D eigenvalue weighted by molar-refractivity contribution is 5.96. The van der Waals surface area contributed by atoms with E-state index in [9.17, 15) is 4.79 Å². The number of methoxy groups -OCH3 is 1. The van der Waals surface area contributed by atoms with Gasteiger partial charge in [0.05, 0.1) is 18.5 Å². The van der Waals surface area contributed by atoms with Crippen molar-refractivity contribution >= 4 is 11.6 Å². The number of ether oxygens (including phenoxy) is 1. The summed E-state index contributed by atoms with van der Waals surface area (Å²) in [5.41, 5.74) is 3.40. The van der Waals surface area contributed by atoms with Gasteiger partial charge in [0.2, 0.25) is 5.91 Å². The summed E-state index contributed by atoms with van der Waals surface area (Å²) in [6.07, 6.45) is 2.74. The lowest BCUT2D eigenvalue weighted by Gasteiger charge is -2.18. The molecule has 2 aromatic rings. The van der Waals surface area contributed by atoms with Crippen LogP contribution in [0.2, 0.25) is 0 Å². The van der Waals surface area contributed by atoms with Gasteiger partial charge in [-0.25, -0.2) is 0 Å². The molecule has 0 spiro atoms. The van der Waals surface area contributed by atoms with E-state index in [0.29, 0.717) is 12.3 Å². The zero-order valence-corrected chi connectivity index (χ0v) is 14.8. The fourth-order valence-electron chi connectivity index (χ4n) is 2.85. The van der Waals surface area contributed by atoms with Crippen molar-refractivity contribution < 1.29 is 9.53 Å². The molecular weight excluding hydrogens is 302 g/mol. The predicted molar refractivity (Wildman–Crippen MR) is 95.3 cm³/mol. The number of carbonyl (C=O) groups is 1. The Kier molecular flexibility index (Phi) is 4.35. The molecule has 0 saturated heterocycles. The lowest BCUT2D eigenvalue weighted by atomic mass is 9.92. The molecule has 0 atom stereocenters. The first-order chi connectivity index (χ1) is 11.4. The van der Waals surface area contributed by atoms with E-state index in [1.165, 1.54) is 0 Å². The summed E-state index contributed by atoms with van der Waals surface area (Å²) in [6.45, 7) is 6.18. The van der Waals surface area contributed by atoms with Crippen LogP contribution in [0.5, 0.6) is 5.75 Å². The Morgan fingerprint density at radius 2 is 2.04 bits per heavy atom. The Morgan fingerprint density at radius 3 is 2.67 bits per heavy atom. The summed E-state index contributed by atoms with van der Waals surface area (Å²) in [5, 5.41) is 10.7. The molecule has 128 valence electrons. The Balaban J connectivity index is 1.97. The quantitative estimate of drug-likeness (QED) is 0.858. The molecule has 1 saturated carbocycles. The third kappa shape index (κ3) is 3.61. The molecule has 5 heteroatoms. The topological polar surface area (TPSA) is 67.0 Å². The average molecular weight is 327 g/mol. The van der Waals surface area contributed by atoms with Gasteiger partial charge in [0.25, 0.3) is 0 Å². The minimum Gasteiger partial charge on any atom is -0.496 e. The maximum atomic E-state index is 12.5. The van der Waals surface area contributed by atoms with Gasteiger partial charge in [-0.3, -0.25) is 9.89 Å². The van der Waals surface area contributed by atoms with Gasteiger partial charge < -0.3 is 10.1 Å². The fourth-order valence-corrected chi connectivity index (χ4v) is 2.85. The second-order valence-electron chi connectivity index (χ2n) is 7.62. The van der Waals surface area contributed by atoms with Crippen LogP contribution in [0.25, 0.3) is 11.3 Å². The van der Waals surface area contributed by atoms with Gasteiger partial charge in [-0.15, -0.1) is 0 Å². The summed E-state index contributed by atoms with van der Waals surface area (Å²) < 4.78 is 5.46. The maximum absolute atomic E-state index is 12.5. The Morgan fingerprint density at radius 1 is 1.33 bits per heavy atom. The number of hydrogen-bond acceptors (Lipinski definition) is 3. The lowest BCUT2D eigenvalue weighted by molar-refractivity contribution is -0.117. The van der Waals surface area contributed by atoms with Crippen LogP contribution in [0, 0.1) is 5.41 Å². The minimum atomic E-state index is -0.0574. The molecule has 1 aromatic heterocycles. The van der Waals surface area contributed by atoms with Crippen LogP contribution in [-0.4, -0.2) is 23.2 Å². The zero-order chi connectivity index (χ0) is 17.3. The van der Waals surface area contributed by atoms with Crippen LogP contribution in [0.4, 0.5) is 5.69 Å². The number of H-pyrrole nitrogens is 1. The second-order valence-corrected chi connectivity index (χ2v) is 7.62. The third-order valence-electron chi connectivity index (χ3n) is 4.10. The van der Waals surface area contributed by atoms with E-state index in [-0.39, 0.29) is 11.3 Å². The molecule has 0 unspecified atom stereocenters. The van der Waals surface area contributed by atoms with E-state index < -0.39 is 0 Å². The van der Waals surface area contributed by atoms with Crippen LogP contribution in [-0.2, 0) is 4.79 Å². The normalized spacial score (nSPS) is 14.5. The number of nitrogens with zero attached hydrogens (tertiary/aromatic N) is 1. The van der Waals surface area contributed by atoms with Crippen molar-refractivity contribution in [3.63, 3.8) is 0 Å². The van der Waals surface area contributed by atoms with Crippen molar-refractivity contribution in [1.29, 1.82) is 0 Å². The molecule has 5 nitrogen and oxygen atoms in total. The van der Waals surface area contributed by atoms with Crippen LogP contribution < -0.4 is 10.1 Å². The SMILES string of the molecule is COc1ccccc1-c1n[nH]c(C2CC2)c1NC(=O)CC(C)(C)C. The van der Waals surface area contributed by atoms with Crippen molar-refractivity contribution in [1.82, 2.24) is 10.2 Å². The van der Waals surface area contributed by atoms with E-state index in [1.54, 1.807) is 7.11 Å². The van der Waals surface area contributed by atoms with Crippen molar-refractivity contribution in [2.75, 3.05) is 12.4 Å². The highest BCUT2D eigenvalue weighted by Crippen LogP contribution is 2.46. The average Bonchev–Trinajstić information content (AvgIpc) is 3.27. The van der Waals surface area contributed by atoms with Gasteiger partial charge in [0.1, 0.15) is 11.4 Å². The highest BCUT2D eigenvalue weighted by Gasteiger charge is 2.31. The molecule has 1 aliphatic carbocycles. The van der Waals surface area contributed by atoms with Crippen molar-refractivity contribution in [2.45, 2.75) is 46.0 Å². The summed E-state index contributed by atoms with van der Waals surface area (Å²) in [4.78, 5) is 12.5. The van der Waals surface area contributed by atoms with Crippen molar-refractivity contribution in [3.05, 3.63) is 30.0 Å². The van der Waals surface area contributed by atoms with E-state index in [0.717, 1.165) is 41.2 Å². The number of anilines is 1. The summed E-state index contributed by atoms with van der Waals surface area (Å²) in [6, 6.07) is 7.74. The van der Waals surface area contributed by atoms with Crippen molar-refractivity contribution in [3.8, 4) is 17.0 Å². The Labute approximate surface area is 142 Å². The first-order valence-electron chi connectivity index (χ1n) is 8.40. The minimum absolute atomic E-state index is 0.0157. The number of para-hydroxylation sites is 1. The van der Waals surface area contributed by atoms with E-state index >= 15 is 0 Å². The molecule has 0 radical (unpaired) electrons. The molecule has 1 heterocycles. The molecule has 1 aromatic carbocycles. The molecule has 1 amide bonds. The fraction of sp³-hybridized carbons (Fsp3) is 0.474. The number of carbonyl (C=O) groups excluding carboxylic acids is 1. The van der Waals surface area contributed by atoms with Crippen LogP contribution in [0.1, 0.15) is 51.6 Å². The highest BCUT2D eigenvalue weighted by atomic mass is 16.5. The number of rotatable bonds is 5. The van der Waals surface area contributed by atoms with Gasteiger partial charge in [-0.1, -0.05) is 32.9 Å². The number of nitrogens with one attached hydrogen (secondary N) is 2. The monoisotopic (exact) mass is 327 g/mol. The largest absolute Gasteiger partial charge is 0.496 e. The summed E-state index contributed by atoms with van der Waals surface area (Å²) >= 11 is 0. The smallest absolute Gasteiger partial charge is 0.225 e. The molecule has 3 rings (SSSR count). The Bertz CT molecular complexity index is 739. The number of amides is 1. The van der Waals surface area contributed by atoms with Crippen LogP contribution in [0.15, 0.2) is 24.3 Å². The number of aromatic nitrogens is 2. The van der Waals surface area contributed by atoms with Crippen LogP contribution in [0.3, 0.4) is 0 Å². The molecular formula is C19H25N3O2. The Hall–Kier alpha value is -2.30. The van der Waals surface area contributed by atoms with E-state index in [4.69, 9.17) is 4.74 Å². The first kappa shape index (κ1) is 16.6. The van der Waals surface area contributed by atoms with Gasteiger partial charge in [-0.05, 0) is 30.4 Å². The number of hydrogen-bond donors (Lipinski definition) is 2. The second kappa shape index (κ2) is 6.30. The summed E-state index contributed by atoms with van der Waals surface area (Å²) in [5.74, 6) is 1.23. The molecule has 1 fully saturated rings. The molecule has 24 heavy (non-hydrogen) atoms. The van der Waals surface area contributed by atoms with Gasteiger partial charge in [-0.2, -0.15) is 5.10 Å². The van der Waals surface area contributed by atoms with Crippen LogP contribution >= 0.6 is 0 Å². The van der Waals surface area contributed by atoms with E-state index in [1.807, 2.05) is 24.3 Å². The summed E-state index contributed by atoms with van der Waals surface area (Å²) in [7, 11) is 1.64. The molecule has 0 aliphatic heterocycles. The number of aromatic amines is 1. The van der Waals surface area contributed by atoms with Gasteiger partial charge >= 0.3 is 0 Å². The zero-order valence-electron chi connectivity index (χ0n) is 14.8. The maximum Gasteiger partial charge on any atom is 0.225 e. The molecule has 2 N–H and O–H groups in total. The van der Waals surface area contributed by atoms with Gasteiger partial charge in [0.15, 0.2) is 0 Å². The lowest BCUT2D eigenvalue weighted by Crippen LogP contribution is -2.20. The van der Waals surface area contributed by atoms with Gasteiger partial charge in [0, 0.05) is 17.9 Å². The standard InChI is InChI=1S/C19H25N3O2/c1-19(2,3)11-15(23)20-18-16(12-9-10-12)21-22-17(18)13-7-5-6-8-14(13)24-4/h5-8,12H,9-11H2,1-4H3,(H,20,23)(H,21,22). The van der Waals surface area contributed by atoms with E-state index in [2.05, 4.69) is 36.3 Å². The van der Waals surface area contributed by atoms with Crippen molar-refractivity contribution in [2.24, 2.45) is 5.41 Å².